The Morgan fingerprint density at radius 1 is 1.16 bits per heavy atom. The molecule has 3 nitrogen and oxygen atoms in total. The van der Waals surface area contributed by atoms with Crippen LogP contribution in [0.25, 0.3) is 0 Å². The van der Waals surface area contributed by atoms with Crippen LogP contribution in [0.3, 0.4) is 0 Å². The lowest BCUT2D eigenvalue weighted by Crippen LogP contribution is -2.19. The molecule has 0 bridgehead atoms. The Morgan fingerprint density at radius 2 is 1.95 bits per heavy atom. The maximum absolute atomic E-state index is 9.48. The summed E-state index contributed by atoms with van der Waals surface area (Å²) in [5, 5.41) is 10.1. The SMILES string of the molecule is NCC(COc1ccccc1Cl)c1cccc(O)c1. The van der Waals surface area contributed by atoms with Crippen LogP contribution in [0.4, 0.5) is 0 Å². The standard InChI is InChI=1S/C15H16ClNO2/c16-14-6-1-2-7-15(14)19-10-12(9-17)11-4-3-5-13(18)8-11/h1-8,12,18H,9-10,17H2. The van der Waals surface area contributed by atoms with Gasteiger partial charge in [0.05, 0.1) is 11.6 Å². The molecule has 0 aromatic heterocycles. The molecule has 2 aromatic carbocycles. The highest BCUT2D eigenvalue weighted by Crippen LogP contribution is 2.26. The van der Waals surface area contributed by atoms with Crippen molar-refractivity contribution in [2.75, 3.05) is 13.2 Å². The third kappa shape index (κ3) is 3.63. The van der Waals surface area contributed by atoms with E-state index < -0.39 is 0 Å². The second kappa shape index (κ2) is 6.45. The van der Waals surface area contributed by atoms with Crippen molar-refractivity contribution >= 4 is 11.6 Å². The molecule has 2 rings (SSSR count). The molecule has 0 heterocycles. The van der Waals surface area contributed by atoms with Crippen LogP contribution in [0.5, 0.6) is 11.5 Å². The zero-order chi connectivity index (χ0) is 13.7. The summed E-state index contributed by atoms with van der Waals surface area (Å²) < 4.78 is 5.69. The molecule has 19 heavy (non-hydrogen) atoms. The summed E-state index contributed by atoms with van der Waals surface area (Å²) in [6.07, 6.45) is 0. The summed E-state index contributed by atoms with van der Waals surface area (Å²) in [6, 6.07) is 14.4. The number of nitrogens with two attached hydrogens (primary N) is 1. The van der Waals surface area contributed by atoms with Crippen molar-refractivity contribution in [2.24, 2.45) is 5.73 Å². The van der Waals surface area contributed by atoms with Gasteiger partial charge in [0.15, 0.2) is 0 Å². The molecule has 0 amide bonds. The van der Waals surface area contributed by atoms with E-state index in [-0.39, 0.29) is 11.7 Å². The summed E-state index contributed by atoms with van der Waals surface area (Å²) in [5.41, 5.74) is 6.72. The highest BCUT2D eigenvalue weighted by Gasteiger charge is 2.12. The summed E-state index contributed by atoms with van der Waals surface area (Å²) >= 11 is 6.03. The first-order valence-corrected chi connectivity index (χ1v) is 6.45. The molecule has 2 aromatic rings. The molecule has 0 aliphatic heterocycles. The molecular weight excluding hydrogens is 262 g/mol. The Kier molecular flexibility index (Phi) is 4.66. The van der Waals surface area contributed by atoms with E-state index in [0.717, 1.165) is 5.56 Å². The molecule has 0 fully saturated rings. The molecule has 3 N–H and O–H groups in total. The van der Waals surface area contributed by atoms with E-state index in [1.807, 2.05) is 24.3 Å². The van der Waals surface area contributed by atoms with Crippen molar-refractivity contribution in [3.8, 4) is 11.5 Å². The number of phenolic OH excluding ortho intramolecular Hbond substituents is 1. The van der Waals surface area contributed by atoms with Gasteiger partial charge >= 0.3 is 0 Å². The van der Waals surface area contributed by atoms with E-state index in [9.17, 15) is 5.11 Å². The van der Waals surface area contributed by atoms with Crippen LogP contribution < -0.4 is 10.5 Å². The number of halogens is 1. The molecule has 4 heteroatoms. The van der Waals surface area contributed by atoms with Crippen molar-refractivity contribution < 1.29 is 9.84 Å². The third-order valence-corrected chi connectivity index (χ3v) is 3.22. The smallest absolute Gasteiger partial charge is 0.137 e. The maximum Gasteiger partial charge on any atom is 0.137 e. The van der Waals surface area contributed by atoms with E-state index in [0.29, 0.717) is 23.9 Å². The first-order chi connectivity index (χ1) is 9.20. The van der Waals surface area contributed by atoms with Gasteiger partial charge in [-0.15, -0.1) is 0 Å². The normalized spacial score (nSPS) is 12.1. The van der Waals surface area contributed by atoms with Crippen LogP contribution >= 0.6 is 11.6 Å². The lowest BCUT2D eigenvalue weighted by Gasteiger charge is -2.17. The number of para-hydroxylation sites is 1. The van der Waals surface area contributed by atoms with E-state index in [1.165, 1.54) is 0 Å². The number of phenols is 1. The number of ether oxygens (including phenoxy) is 1. The molecule has 100 valence electrons. The minimum atomic E-state index is 0.0170. The highest BCUT2D eigenvalue weighted by atomic mass is 35.5. The van der Waals surface area contributed by atoms with Crippen LogP contribution in [0, 0.1) is 0 Å². The fraction of sp³-hybridized carbons (Fsp3) is 0.200. The Morgan fingerprint density at radius 3 is 2.63 bits per heavy atom. The number of aromatic hydroxyl groups is 1. The third-order valence-electron chi connectivity index (χ3n) is 2.90. The minimum Gasteiger partial charge on any atom is -0.508 e. The highest BCUT2D eigenvalue weighted by molar-refractivity contribution is 6.32. The second-order valence-electron chi connectivity index (χ2n) is 4.27. The Balaban J connectivity index is 2.06. The van der Waals surface area contributed by atoms with Crippen molar-refractivity contribution in [3.63, 3.8) is 0 Å². The lowest BCUT2D eigenvalue weighted by atomic mass is 10.00. The van der Waals surface area contributed by atoms with Crippen LogP contribution in [0.15, 0.2) is 48.5 Å². The predicted octanol–water partition coefficient (Wildman–Crippen LogP) is 3.17. The Hall–Kier alpha value is -1.71. The average Bonchev–Trinajstić information content (AvgIpc) is 2.41. The van der Waals surface area contributed by atoms with Gasteiger partial charge in [-0.1, -0.05) is 35.9 Å². The number of rotatable bonds is 5. The second-order valence-corrected chi connectivity index (χ2v) is 4.68. The fourth-order valence-electron chi connectivity index (χ4n) is 1.83. The lowest BCUT2D eigenvalue weighted by molar-refractivity contribution is 0.290. The van der Waals surface area contributed by atoms with E-state index >= 15 is 0 Å². The molecule has 1 atom stereocenters. The predicted molar refractivity (Wildman–Crippen MR) is 76.8 cm³/mol. The largest absolute Gasteiger partial charge is 0.508 e. The van der Waals surface area contributed by atoms with E-state index in [4.69, 9.17) is 22.1 Å². The number of benzene rings is 2. The van der Waals surface area contributed by atoms with Crippen LogP contribution in [-0.2, 0) is 0 Å². The van der Waals surface area contributed by atoms with Crippen LogP contribution in [-0.4, -0.2) is 18.3 Å². The molecule has 1 unspecified atom stereocenters. The van der Waals surface area contributed by atoms with Gasteiger partial charge in [0.2, 0.25) is 0 Å². The zero-order valence-electron chi connectivity index (χ0n) is 10.4. The van der Waals surface area contributed by atoms with Crippen LogP contribution in [0.2, 0.25) is 5.02 Å². The van der Waals surface area contributed by atoms with Gasteiger partial charge in [-0.2, -0.15) is 0 Å². The summed E-state index contributed by atoms with van der Waals surface area (Å²) in [6.45, 7) is 0.859. The number of hydrogen-bond donors (Lipinski definition) is 2. The van der Waals surface area contributed by atoms with Gasteiger partial charge in [0.25, 0.3) is 0 Å². The van der Waals surface area contributed by atoms with Crippen molar-refractivity contribution in [1.82, 2.24) is 0 Å². The molecule has 0 aliphatic rings. The van der Waals surface area contributed by atoms with Gasteiger partial charge < -0.3 is 15.6 Å². The Bertz CT molecular complexity index is 545. The average molecular weight is 278 g/mol. The Labute approximate surface area is 117 Å². The van der Waals surface area contributed by atoms with E-state index in [1.54, 1.807) is 24.3 Å². The molecular formula is C15H16ClNO2. The molecule has 0 saturated carbocycles. The van der Waals surface area contributed by atoms with E-state index in [2.05, 4.69) is 0 Å². The zero-order valence-corrected chi connectivity index (χ0v) is 11.2. The summed E-state index contributed by atoms with van der Waals surface area (Å²) in [5.74, 6) is 0.889. The van der Waals surface area contributed by atoms with Gasteiger partial charge in [-0.25, -0.2) is 0 Å². The quantitative estimate of drug-likeness (QED) is 0.883. The monoisotopic (exact) mass is 277 g/mol. The van der Waals surface area contributed by atoms with Gasteiger partial charge in [0, 0.05) is 12.5 Å². The maximum atomic E-state index is 9.48. The van der Waals surface area contributed by atoms with Crippen LogP contribution in [0.1, 0.15) is 11.5 Å². The minimum absolute atomic E-state index is 0.0170. The molecule has 0 radical (unpaired) electrons. The molecule has 0 saturated heterocycles. The van der Waals surface area contributed by atoms with Crippen molar-refractivity contribution in [3.05, 3.63) is 59.1 Å². The first-order valence-electron chi connectivity index (χ1n) is 6.07. The summed E-state index contributed by atoms with van der Waals surface area (Å²) in [4.78, 5) is 0. The van der Waals surface area contributed by atoms with Gasteiger partial charge in [-0.05, 0) is 29.8 Å². The molecule has 0 aliphatic carbocycles. The van der Waals surface area contributed by atoms with Gasteiger partial charge in [0.1, 0.15) is 11.5 Å². The molecule has 0 spiro atoms. The summed E-state index contributed by atoms with van der Waals surface area (Å²) in [7, 11) is 0. The fourth-order valence-corrected chi connectivity index (χ4v) is 2.02. The van der Waals surface area contributed by atoms with Crippen molar-refractivity contribution in [1.29, 1.82) is 0 Å². The first kappa shape index (κ1) is 13.7. The van der Waals surface area contributed by atoms with Crippen molar-refractivity contribution in [2.45, 2.75) is 5.92 Å². The van der Waals surface area contributed by atoms with Gasteiger partial charge in [-0.3, -0.25) is 0 Å². The number of hydrogen-bond acceptors (Lipinski definition) is 3. The topological polar surface area (TPSA) is 55.5 Å².